The average Bonchev–Trinajstić information content (AvgIpc) is 3.60. The molecular formula is C53H32N4O. The third-order valence-corrected chi connectivity index (χ3v) is 11.4. The van der Waals surface area contributed by atoms with E-state index in [9.17, 15) is 5.26 Å². The quantitative estimate of drug-likeness (QED) is 0.176. The van der Waals surface area contributed by atoms with Crippen molar-refractivity contribution < 1.29 is 4.74 Å². The maximum Gasteiger partial charge on any atom is 0.164 e. The van der Waals surface area contributed by atoms with E-state index in [1.165, 1.54) is 22.3 Å². The van der Waals surface area contributed by atoms with Crippen LogP contribution in [-0.2, 0) is 5.41 Å². The van der Waals surface area contributed by atoms with Crippen molar-refractivity contribution in [1.82, 2.24) is 15.0 Å². The number of rotatable bonds is 5. The monoisotopic (exact) mass is 740 g/mol. The highest BCUT2D eigenvalue weighted by Crippen LogP contribution is 2.63. The van der Waals surface area contributed by atoms with Gasteiger partial charge in [-0.25, -0.2) is 15.0 Å². The first kappa shape index (κ1) is 33.4. The van der Waals surface area contributed by atoms with Gasteiger partial charge in [0, 0.05) is 33.4 Å². The summed E-state index contributed by atoms with van der Waals surface area (Å²) in [5.74, 6) is 3.06. The lowest BCUT2D eigenvalue weighted by Gasteiger charge is -2.40. The molecule has 1 aromatic heterocycles. The molecule has 0 bridgehead atoms. The number of ether oxygens (including phenoxy) is 1. The molecule has 58 heavy (non-hydrogen) atoms. The van der Waals surface area contributed by atoms with Gasteiger partial charge in [-0.2, -0.15) is 5.26 Å². The molecule has 2 aliphatic rings. The van der Waals surface area contributed by atoms with Gasteiger partial charge in [-0.3, -0.25) is 0 Å². The Morgan fingerprint density at radius 3 is 1.43 bits per heavy atom. The fourth-order valence-corrected chi connectivity index (χ4v) is 8.91. The number of nitrogens with zero attached hydrogens (tertiary/aromatic N) is 4. The van der Waals surface area contributed by atoms with Gasteiger partial charge in [0.15, 0.2) is 17.5 Å². The van der Waals surface area contributed by atoms with Crippen LogP contribution in [0.15, 0.2) is 194 Å². The minimum Gasteiger partial charge on any atom is -0.455 e. The summed E-state index contributed by atoms with van der Waals surface area (Å²) in [5, 5.41) is 10.4. The van der Waals surface area contributed by atoms with Crippen molar-refractivity contribution in [1.29, 1.82) is 5.26 Å². The molecule has 0 fully saturated rings. The zero-order chi connectivity index (χ0) is 38.6. The zero-order valence-electron chi connectivity index (χ0n) is 31.2. The Bertz CT molecular complexity index is 3070. The van der Waals surface area contributed by atoms with Crippen LogP contribution in [0.4, 0.5) is 0 Å². The first-order valence-corrected chi connectivity index (χ1v) is 19.3. The molecule has 0 radical (unpaired) electrons. The van der Waals surface area contributed by atoms with E-state index in [0.717, 1.165) is 55.8 Å². The Morgan fingerprint density at radius 2 is 0.793 bits per heavy atom. The van der Waals surface area contributed by atoms with Gasteiger partial charge in [0.1, 0.15) is 17.6 Å². The third-order valence-electron chi connectivity index (χ3n) is 11.4. The molecule has 1 aliphatic carbocycles. The Kier molecular flexibility index (Phi) is 7.70. The molecule has 0 saturated heterocycles. The second-order valence-corrected chi connectivity index (χ2v) is 14.6. The molecule has 2 heterocycles. The third kappa shape index (κ3) is 5.13. The van der Waals surface area contributed by atoms with E-state index in [4.69, 9.17) is 19.7 Å². The van der Waals surface area contributed by atoms with Crippen LogP contribution in [0.1, 0.15) is 27.8 Å². The molecule has 0 amide bonds. The predicted octanol–water partition coefficient (Wildman–Crippen LogP) is 12.5. The lowest BCUT2D eigenvalue weighted by atomic mass is 9.65. The molecule has 1 spiro atoms. The normalized spacial score (nSPS) is 12.7. The zero-order valence-corrected chi connectivity index (χ0v) is 31.2. The average molecular weight is 741 g/mol. The molecule has 0 unspecified atom stereocenters. The molecule has 0 saturated carbocycles. The van der Waals surface area contributed by atoms with Crippen LogP contribution in [0.2, 0.25) is 0 Å². The second kappa shape index (κ2) is 13.4. The van der Waals surface area contributed by atoms with Gasteiger partial charge in [-0.05, 0) is 57.1 Å². The summed E-state index contributed by atoms with van der Waals surface area (Å²) in [6.45, 7) is 0. The smallest absolute Gasteiger partial charge is 0.164 e. The number of hydrogen-bond donors (Lipinski definition) is 0. The summed E-state index contributed by atoms with van der Waals surface area (Å²) in [6, 6.07) is 69.0. The van der Waals surface area contributed by atoms with Crippen molar-refractivity contribution in [2.45, 2.75) is 5.41 Å². The van der Waals surface area contributed by atoms with E-state index < -0.39 is 5.41 Å². The minimum absolute atomic E-state index is 0.496. The van der Waals surface area contributed by atoms with Crippen molar-refractivity contribution in [2.24, 2.45) is 0 Å². The van der Waals surface area contributed by atoms with Crippen LogP contribution >= 0.6 is 0 Å². The molecule has 5 nitrogen and oxygen atoms in total. The molecule has 11 rings (SSSR count). The number of para-hydroxylation sites is 2. The van der Waals surface area contributed by atoms with E-state index in [1.54, 1.807) is 0 Å². The fourth-order valence-electron chi connectivity index (χ4n) is 8.91. The van der Waals surface area contributed by atoms with E-state index in [2.05, 4.69) is 115 Å². The van der Waals surface area contributed by atoms with E-state index >= 15 is 0 Å². The van der Waals surface area contributed by atoms with Crippen molar-refractivity contribution in [3.05, 3.63) is 222 Å². The van der Waals surface area contributed by atoms with Crippen LogP contribution < -0.4 is 4.74 Å². The Hall–Kier alpha value is -7.94. The summed E-state index contributed by atoms with van der Waals surface area (Å²) in [4.78, 5) is 15.2. The van der Waals surface area contributed by atoms with Crippen LogP contribution in [0.5, 0.6) is 11.5 Å². The Morgan fingerprint density at radius 1 is 0.362 bits per heavy atom. The standard InChI is InChI=1S/C53H32N4O/c54-33-40-23-13-29-46-48(40)58-49-41(26-14-30-47(49)53(46)44-27-9-7-24-42(44)43-25-8-10-28-45(43)53)37-20-12-22-39(32-37)52-56-50(35-17-5-2-6-18-35)55-51(57-52)38-21-11-19-36(31-38)34-15-3-1-4-16-34/h1-32H. The Labute approximate surface area is 336 Å². The summed E-state index contributed by atoms with van der Waals surface area (Å²) in [5.41, 5.74) is 13.2. The number of nitriles is 1. The molecule has 9 aromatic rings. The largest absolute Gasteiger partial charge is 0.455 e. The SMILES string of the molecule is N#Cc1cccc2c1Oc1c(-c3cccc(-c4nc(-c5ccccc5)nc(-c5cccc(-c6ccccc6)c5)n4)c3)cccc1C21c2ccccc2-c2ccccc21. The summed E-state index contributed by atoms with van der Waals surface area (Å²) in [7, 11) is 0. The second-order valence-electron chi connectivity index (χ2n) is 14.6. The molecular weight excluding hydrogens is 709 g/mol. The van der Waals surface area contributed by atoms with Crippen LogP contribution in [0.3, 0.4) is 0 Å². The molecule has 0 N–H and O–H groups in total. The van der Waals surface area contributed by atoms with Gasteiger partial charge in [0.25, 0.3) is 0 Å². The summed E-state index contributed by atoms with van der Waals surface area (Å²) < 4.78 is 6.99. The number of fused-ring (bicyclic) bond motifs is 9. The lowest BCUT2D eigenvalue weighted by Crippen LogP contribution is -2.32. The fraction of sp³-hybridized carbons (Fsp3) is 0.0189. The van der Waals surface area contributed by atoms with E-state index in [-0.39, 0.29) is 0 Å². The summed E-state index contributed by atoms with van der Waals surface area (Å²) >= 11 is 0. The minimum atomic E-state index is -0.696. The predicted molar refractivity (Wildman–Crippen MR) is 229 cm³/mol. The first-order valence-electron chi connectivity index (χ1n) is 19.3. The van der Waals surface area contributed by atoms with Gasteiger partial charge < -0.3 is 4.74 Å². The van der Waals surface area contributed by atoms with Crippen LogP contribution in [0, 0.1) is 11.3 Å². The van der Waals surface area contributed by atoms with Gasteiger partial charge in [0.2, 0.25) is 0 Å². The maximum atomic E-state index is 10.4. The highest BCUT2D eigenvalue weighted by molar-refractivity contribution is 5.91. The van der Waals surface area contributed by atoms with Crippen molar-refractivity contribution in [2.75, 3.05) is 0 Å². The van der Waals surface area contributed by atoms with Crippen molar-refractivity contribution in [3.8, 4) is 85.1 Å². The topological polar surface area (TPSA) is 71.7 Å². The summed E-state index contributed by atoms with van der Waals surface area (Å²) in [6.07, 6.45) is 0. The highest BCUT2D eigenvalue weighted by atomic mass is 16.5. The molecule has 270 valence electrons. The number of hydrogen-bond acceptors (Lipinski definition) is 5. The number of aromatic nitrogens is 3. The van der Waals surface area contributed by atoms with Gasteiger partial charge in [0.05, 0.1) is 11.0 Å². The molecule has 8 aromatic carbocycles. The van der Waals surface area contributed by atoms with E-state index in [0.29, 0.717) is 28.8 Å². The molecule has 1 aliphatic heterocycles. The van der Waals surface area contributed by atoms with Gasteiger partial charge >= 0.3 is 0 Å². The van der Waals surface area contributed by atoms with Crippen molar-refractivity contribution >= 4 is 0 Å². The molecule has 5 heteroatoms. The lowest BCUT2D eigenvalue weighted by molar-refractivity contribution is 0.436. The van der Waals surface area contributed by atoms with Crippen molar-refractivity contribution in [3.63, 3.8) is 0 Å². The van der Waals surface area contributed by atoms with Crippen LogP contribution in [0.25, 0.3) is 67.5 Å². The maximum absolute atomic E-state index is 10.4. The van der Waals surface area contributed by atoms with Gasteiger partial charge in [-0.1, -0.05) is 176 Å². The molecule has 0 atom stereocenters. The van der Waals surface area contributed by atoms with Crippen LogP contribution in [-0.4, -0.2) is 15.0 Å². The highest BCUT2D eigenvalue weighted by Gasteiger charge is 2.51. The van der Waals surface area contributed by atoms with Gasteiger partial charge in [-0.15, -0.1) is 0 Å². The Balaban J connectivity index is 1.10. The van der Waals surface area contributed by atoms with E-state index in [1.807, 2.05) is 84.9 Å². The number of benzene rings is 8. The first-order chi connectivity index (χ1) is 28.7.